The van der Waals surface area contributed by atoms with Crippen LogP contribution in [0.4, 0.5) is 19.0 Å². The second kappa shape index (κ2) is 8.57. The van der Waals surface area contributed by atoms with E-state index >= 15 is 0 Å². The fourth-order valence-electron chi connectivity index (χ4n) is 7.75. The molecule has 10 heteroatoms. The Morgan fingerprint density at radius 1 is 1.17 bits per heavy atom. The van der Waals surface area contributed by atoms with Crippen molar-refractivity contribution in [3.63, 3.8) is 0 Å². The van der Waals surface area contributed by atoms with Crippen molar-refractivity contribution in [2.24, 2.45) is 23.2 Å². The second-order valence-electron chi connectivity index (χ2n) is 11.3. The zero-order valence-corrected chi connectivity index (χ0v) is 20.8. The van der Waals surface area contributed by atoms with Gasteiger partial charge >= 0.3 is 6.18 Å². The van der Waals surface area contributed by atoms with E-state index in [1.807, 2.05) is 0 Å². The number of alkyl halides is 3. The molecule has 2 N–H and O–H groups in total. The molecule has 4 saturated carbocycles. The van der Waals surface area contributed by atoms with Crippen molar-refractivity contribution in [1.29, 1.82) is 0 Å². The van der Waals surface area contributed by atoms with Crippen LogP contribution in [0.15, 0.2) is 24.3 Å². The van der Waals surface area contributed by atoms with E-state index in [1.54, 1.807) is 24.3 Å². The van der Waals surface area contributed by atoms with Gasteiger partial charge in [0.2, 0.25) is 0 Å². The molecule has 1 aliphatic heterocycles. The highest BCUT2D eigenvalue weighted by atomic mass is 35.5. The minimum Gasteiger partial charge on any atom is -0.496 e. The number of para-hydroxylation sites is 1. The maximum Gasteiger partial charge on any atom is 0.410 e. The quantitative estimate of drug-likeness (QED) is 0.494. The molecule has 2 aromatic rings. The van der Waals surface area contributed by atoms with Crippen LogP contribution < -0.4 is 15.4 Å². The van der Waals surface area contributed by atoms with Crippen LogP contribution in [0.1, 0.15) is 73.1 Å². The first-order valence-electron chi connectivity index (χ1n) is 12.7. The SMILES string of the molecule is COc1ccccc1C1CC(C(F)(F)F)n2nc(C(=O)NCC34CC5CC(CC(C5)C3)C4)c(Cl)c2N1. The van der Waals surface area contributed by atoms with Crippen LogP contribution in [-0.4, -0.2) is 35.5 Å². The van der Waals surface area contributed by atoms with E-state index < -0.39 is 24.2 Å². The largest absolute Gasteiger partial charge is 0.496 e. The standard InChI is InChI=1S/C26H30ClF3N4O2/c1-36-19-5-3-2-4-17(19)18-9-20(26(28,29)30)34-23(32-18)21(27)22(33-34)24(35)31-13-25-10-14-6-15(11-25)8-16(7-14)12-25/h2-5,14-16,18,20,32H,6-13H2,1H3,(H,31,35). The molecular formula is C26H30ClF3N4O2. The fraction of sp³-hybridized carbons (Fsp3) is 0.615. The van der Waals surface area contributed by atoms with E-state index in [1.165, 1.54) is 26.4 Å². The van der Waals surface area contributed by atoms with Crippen LogP contribution in [-0.2, 0) is 0 Å². The first-order chi connectivity index (χ1) is 17.2. The molecule has 2 unspecified atom stereocenters. The van der Waals surface area contributed by atoms with Gasteiger partial charge in [-0.25, -0.2) is 4.68 Å². The van der Waals surface area contributed by atoms with Crippen molar-refractivity contribution in [2.45, 2.75) is 63.2 Å². The Bertz CT molecular complexity index is 1150. The number of aromatic nitrogens is 2. The summed E-state index contributed by atoms with van der Waals surface area (Å²) in [6.07, 6.45) is 2.36. The number of fused-ring (bicyclic) bond motifs is 1. The summed E-state index contributed by atoms with van der Waals surface area (Å²) in [6, 6.07) is 4.30. The Morgan fingerprint density at radius 3 is 2.42 bits per heavy atom. The topological polar surface area (TPSA) is 68.2 Å². The summed E-state index contributed by atoms with van der Waals surface area (Å²) in [6.45, 7) is 0.522. The zero-order valence-electron chi connectivity index (χ0n) is 20.1. The molecule has 2 heterocycles. The van der Waals surface area contributed by atoms with Crippen LogP contribution in [0.5, 0.6) is 5.75 Å². The van der Waals surface area contributed by atoms with Gasteiger partial charge in [0, 0.05) is 18.5 Å². The number of methoxy groups -OCH3 is 1. The van der Waals surface area contributed by atoms with Crippen LogP contribution in [0.25, 0.3) is 0 Å². The average Bonchev–Trinajstić information content (AvgIpc) is 3.17. The highest BCUT2D eigenvalue weighted by Gasteiger charge is 2.51. The average molecular weight is 523 g/mol. The Morgan fingerprint density at radius 2 is 1.81 bits per heavy atom. The number of hydrogen-bond acceptors (Lipinski definition) is 4. The smallest absolute Gasteiger partial charge is 0.410 e. The molecule has 0 saturated heterocycles. The molecule has 36 heavy (non-hydrogen) atoms. The molecule has 1 aromatic carbocycles. The molecule has 4 bridgehead atoms. The van der Waals surface area contributed by atoms with Gasteiger partial charge in [-0.15, -0.1) is 0 Å². The molecule has 1 aromatic heterocycles. The first-order valence-corrected chi connectivity index (χ1v) is 13.1. The van der Waals surface area contributed by atoms with Crippen molar-refractivity contribution in [3.05, 3.63) is 40.5 Å². The van der Waals surface area contributed by atoms with Gasteiger partial charge in [-0.05, 0) is 67.8 Å². The second-order valence-corrected chi connectivity index (χ2v) is 11.7. The molecule has 194 valence electrons. The maximum atomic E-state index is 14.1. The lowest BCUT2D eigenvalue weighted by Gasteiger charge is -2.56. The van der Waals surface area contributed by atoms with Gasteiger partial charge in [0.1, 0.15) is 16.6 Å². The van der Waals surface area contributed by atoms with Gasteiger partial charge in [-0.1, -0.05) is 29.8 Å². The van der Waals surface area contributed by atoms with Crippen molar-refractivity contribution in [3.8, 4) is 5.75 Å². The van der Waals surface area contributed by atoms with Gasteiger partial charge in [0.05, 0.1) is 13.2 Å². The predicted molar refractivity (Wildman–Crippen MR) is 129 cm³/mol. The molecular weight excluding hydrogens is 493 g/mol. The third kappa shape index (κ3) is 4.03. The van der Waals surface area contributed by atoms with Gasteiger partial charge in [-0.3, -0.25) is 4.79 Å². The highest BCUT2D eigenvalue weighted by molar-refractivity contribution is 6.36. The number of hydrogen-bond donors (Lipinski definition) is 2. The molecule has 4 fully saturated rings. The lowest BCUT2D eigenvalue weighted by Crippen LogP contribution is -2.51. The van der Waals surface area contributed by atoms with Crippen LogP contribution in [0.3, 0.4) is 0 Å². The maximum absolute atomic E-state index is 14.1. The molecule has 6 nitrogen and oxygen atoms in total. The van der Waals surface area contributed by atoms with Gasteiger partial charge in [-0.2, -0.15) is 18.3 Å². The number of rotatable bonds is 5. The third-order valence-corrected chi connectivity index (χ3v) is 9.17. The summed E-state index contributed by atoms with van der Waals surface area (Å²) in [5.41, 5.74) is 0.516. The highest BCUT2D eigenvalue weighted by Crippen LogP contribution is 2.59. The Hall–Kier alpha value is -2.42. The number of nitrogens with one attached hydrogen (secondary N) is 2. The monoisotopic (exact) mass is 522 g/mol. The molecule has 4 aliphatic carbocycles. The summed E-state index contributed by atoms with van der Waals surface area (Å²) in [5.74, 6) is 2.17. The van der Waals surface area contributed by atoms with E-state index in [2.05, 4.69) is 15.7 Å². The summed E-state index contributed by atoms with van der Waals surface area (Å²) >= 11 is 6.53. The van der Waals surface area contributed by atoms with Gasteiger partial charge in [0.25, 0.3) is 5.91 Å². The van der Waals surface area contributed by atoms with Gasteiger partial charge in [0.15, 0.2) is 11.7 Å². The van der Waals surface area contributed by atoms with Crippen molar-refractivity contribution >= 4 is 23.3 Å². The number of carbonyl (C=O) groups is 1. The van der Waals surface area contributed by atoms with E-state index in [0.717, 1.165) is 41.7 Å². The van der Waals surface area contributed by atoms with Gasteiger partial charge < -0.3 is 15.4 Å². The summed E-state index contributed by atoms with van der Waals surface area (Å²) < 4.78 is 48.6. The number of benzene rings is 1. The molecule has 5 aliphatic rings. The minimum absolute atomic E-state index is 0.00102. The van der Waals surface area contributed by atoms with Crippen molar-refractivity contribution in [2.75, 3.05) is 19.0 Å². The predicted octanol–water partition coefficient (Wildman–Crippen LogP) is 6.15. The van der Waals surface area contributed by atoms with E-state index in [-0.39, 0.29) is 28.4 Å². The Labute approximate surface area is 212 Å². The minimum atomic E-state index is -4.57. The molecule has 2 atom stereocenters. The van der Waals surface area contributed by atoms with Crippen LogP contribution in [0.2, 0.25) is 5.02 Å². The molecule has 0 radical (unpaired) electrons. The zero-order chi connectivity index (χ0) is 25.2. The molecule has 1 amide bonds. The Balaban J connectivity index is 1.26. The van der Waals surface area contributed by atoms with Crippen molar-refractivity contribution in [1.82, 2.24) is 15.1 Å². The Kier molecular flexibility index (Phi) is 5.70. The number of nitrogens with zero attached hydrogens (tertiary/aromatic N) is 2. The fourth-order valence-corrected chi connectivity index (χ4v) is 8.02. The number of carbonyl (C=O) groups excluding carboxylic acids is 1. The number of halogens is 4. The molecule has 0 spiro atoms. The van der Waals surface area contributed by atoms with E-state index in [9.17, 15) is 18.0 Å². The summed E-state index contributed by atoms with van der Waals surface area (Å²) in [7, 11) is 1.48. The van der Waals surface area contributed by atoms with E-state index in [4.69, 9.17) is 16.3 Å². The molecule has 7 rings (SSSR count). The number of ether oxygens (including phenoxy) is 1. The van der Waals surface area contributed by atoms with Crippen LogP contribution in [0, 0.1) is 23.2 Å². The number of anilines is 1. The normalized spacial score (nSPS) is 32.6. The third-order valence-electron chi connectivity index (χ3n) is 8.81. The van der Waals surface area contributed by atoms with E-state index in [0.29, 0.717) is 17.9 Å². The lowest BCUT2D eigenvalue weighted by molar-refractivity contribution is -0.173. The summed E-state index contributed by atoms with van der Waals surface area (Å²) in [4.78, 5) is 13.2. The number of amides is 1. The first kappa shape index (κ1) is 23.9. The van der Waals surface area contributed by atoms with Crippen molar-refractivity contribution < 1.29 is 22.7 Å². The van der Waals surface area contributed by atoms with Crippen LogP contribution >= 0.6 is 11.6 Å². The lowest BCUT2D eigenvalue weighted by atomic mass is 9.49. The summed E-state index contributed by atoms with van der Waals surface area (Å²) in [5, 5.41) is 10.1.